The summed E-state index contributed by atoms with van der Waals surface area (Å²) in [6, 6.07) is 16.3. The molecule has 1 N–H and O–H groups in total. The third-order valence-electron chi connectivity index (χ3n) is 4.87. The summed E-state index contributed by atoms with van der Waals surface area (Å²) in [5, 5.41) is 2.79. The number of amides is 1. The van der Waals surface area contributed by atoms with Crippen molar-refractivity contribution < 1.29 is 13.2 Å². The first-order chi connectivity index (χ1) is 14.9. The molecule has 0 aliphatic rings. The van der Waals surface area contributed by atoms with Gasteiger partial charge >= 0.3 is 0 Å². The maximum absolute atomic E-state index is 12.5. The molecule has 1 aromatic heterocycles. The van der Waals surface area contributed by atoms with Gasteiger partial charge in [-0.1, -0.05) is 56.3 Å². The minimum atomic E-state index is -3.47. The SMILES string of the molecule is CCN(CC)S(=O)(=O)c1ccc(CCC(=O)Nc2cnc(-c3ccccc3)nc2)cc1. The minimum absolute atomic E-state index is 0.157. The maximum atomic E-state index is 12.5. The molecule has 0 aliphatic heterocycles. The molecule has 0 radical (unpaired) electrons. The average Bonchev–Trinajstić information content (AvgIpc) is 2.80. The van der Waals surface area contributed by atoms with Crippen molar-refractivity contribution in [3.8, 4) is 11.4 Å². The Morgan fingerprint density at radius 3 is 2.13 bits per heavy atom. The van der Waals surface area contributed by atoms with Crippen LogP contribution in [-0.2, 0) is 21.2 Å². The van der Waals surface area contributed by atoms with Gasteiger partial charge in [0.2, 0.25) is 15.9 Å². The van der Waals surface area contributed by atoms with Gasteiger partial charge in [-0.2, -0.15) is 4.31 Å². The molecule has 0 unspecified atom stereocenters. The summed E-state index contributed by atoms with van der Waals surface area (Å²) in [4.78, 5) is 21.1. The quantitative estimate of drug-likeness (QED) is 0.549. The van der Waals surface area contributed by atoms with Crippen molar-refractivity contribution in [2.24, 2.45) is 0 Å². The lowest BCUT2D eigenvalue weighted by Gasteiger charge is -2.18. The van der Waals surface area contributed by atoms with E-state index in [4.69, 9.17) is 0 Å². The van der Waals surface area contributed by atoms with E-state index < -0.39 is 10.0 Å². The summed E-state index contributed by atoms with van der Waals surface area (Å²) in [6.07, 6.45) is 3.93. The molecular formula is C23H26N4O3S. The number of benzene rings is 2. The number of sulfonamides is 1. The number of aromatic nitrogens is 2. The molecule has 2 aromatic carbocycles. The summed E-state index contributed by atoms with van der Waals surface area (Å²) >= 11 is 0. The second kappa shape index (κ2) is 10.3. The average molecular weight is 439 g/mol. The predicted molar refractivity (Wildman–Crippen MR) is 121 cm³/mol. The first-order valence-corrected chi connectivity index (χ1v) is 11.6. The number of hydrogen-bond acceptors (Lipinski definition) is 5. The Bertz CT molecular complexity index is 1100. The number of nitrogens with one attached hydrogen (secondary N) is 1. The topological polar surface area (TPSA) is 92.3 Å². The van der Waals surface area contributed by atoms with Crippen molar-refractivity contribution in [2.45, 2.75) is 31.6 Å². The smallest absolute Gasteiger partial charge is 0.243 e. The van der Waals surface area contributed by atoms with E-state index >= 15 is 0 Å². The number of anilines is 1. The zero-order chi connectivity index (χ0) is 22.3. The van der Waals surface area contributed by atoms with Gasteiger partial charge in [0.15, 0.2) is 5.82 Å². The van der Waals surface area contributed by atoms with Crippen molar-refractivity contribution in [1.82, 2.24) is 14.3 Å². The molecule has 3 aromatic rings. The standard InChI is InChI=1S/C23H26N4O3S/c1-3-27(4-2)31(29,30)21-13-10-18(11-14-21)12-15-22(28)26-20-16-24-23(25-17-20)19-8-6-5-7-9-19/h5-11,13-14,16-17H,3-4,12,15H2,1-2H3,(H,26,28). The number of rotatable bonds is 9. The largest absolute Gasteiger partial charge is 0.323 e. The Balaban J connectivity index is 1.55. The summed E-state index contributed by atoms with van der Waals surface area (Å²) in [7, 11) is -3.47. The number of hydrogen-bond donors (Lipinski definition) is 1. The van der Waals surface area contributed by atoms with Crippen LogP contribution in [0.2, 0.25) is 0 Å². The molecule has 0 aliphatic carbocycles. The summed E-state index contributed by atoms with van der Waals surface area (Å²) in [6.45, 7) is 4.48. The molecular weight excluding hydrogens is 412 g/mol. The molecule has 0 saturated carbocycles. The number of nitrogens with zero attached hydrogens (tertiary/aromatic N) is 3. The van der Waals surface area contributed by atoms with Gasteiger partial charge in [0.05, 0.1) is 23.0 Å². The third-order valence-corrected chi connectivity index (χ3v) is 6.94. The van der Waals surface area contributed by atoms with E-state index in [9.17, 15) is 13.2 Å². The molecule has 162 valence electrons. The van der Waals surface area contributed by atoms with Crippen LogP contribution in [0.25, 0.3) is 11.4 Å². The van der Waals surface area contributed by atoms with E-state index in [0.29, 0.717) is 31.0 Å². The molecule has 7 nitrogen and oxygen atoms in total. The lowest BCUT2D eigenvalue weighted by molar-refractivity contribution is -0.116. The Morgan fingerprint density at radius 2 is 1.55 bits per heavy atom. The van der Waals surface area contributed by atoms with Gasteiger partial charge in [-0.3, -0.25) is 4.79 Å². The molecule has 0 bridgehead atoms. The van der Waals surface area contributed by atoms with Gasteiger partial charge in [-0.25, -0.2) is 18.4 Å². The van der Waals surface area contributed by atoms with E-state index in [0.717, 1.165) is 11.1 Å². The van der Waals surface area contributed by atoms with Crippen LogP contribution >= 0.6 is 0 Å². The zero-order valence-electron chi connectivity index (χ0n) is 17.7. The maximum Gasteiger partial charge on any atom is 0.243 e. The molecule has 1 heterocycles. The Kier molecular flexibility index (Phi) is 7.49. The fourth-order valence-electron chi connectivity index (χ4n) is 3.15. The van der Waals surface area contributed by atoms with Crippen LogP contribution in [0.1, 0.15) is 25.8 Å². The molecule has 0 atom stereocenters. The van der Waals surface area contributed by atoms with E-state index in [1.54, 1.807) is 36.7 Å². The van der Waals surface area contributed by atoms with E-state index in [-0.39, 0.29) is 17.2 Å². The van der Waals surface area contributed by atoms with Crippen LogP contribution in [0.15, 0.2) is 71.9 Å². The second-order valence-electron chi connectivity index (χ2n) is 6.94. The summed E-state index contributed by atoms with van der Waals surface area (Å²) in [5.41, 5.74) is 2.33. The lowest BCUT2D eigenvalue weighted by Crippen LogP contribution is -2.30. The van der Waals surface area contributed by atoms with Crippen molar-refractivity contribution in [3.63, 3.8) is 0 Å². The van der Waals surface area contributed by atoms with Gasteiger partial charge in [-0.05, 0) is 24.1 Å². The first kappa shape index (κ1) is 22.6. The fourth-order valence-corrected chi connectivity index (χ4v) is 4.61. The van der Waals surface area contributed by atoms with Crippen molar-refractivity contribution in [2.75, 3.05) is 18.4 Å². The predicted octanol–water partition coefficient (Wildman–Crippen LogP) is 3.75. The normalized spacial score (nSPS) is 11.5. The highest BCUT2D eigenvalue weighted by Gasteiger charge is 2.21. The van der Waals surface area contributed by atoms with Crippen LogP contribution in [0.5, 0.6) is 0 Å². The van der Waals surface area contributed by atoms with Crippen LogP contribution in [0, 0.1) is 0 Å². The van der Waals surface area contributed by atoms with Crippen molar-refractivity contribution in [3.05, 3.63) is 72.6 Å². The first-order valence-electron chi connectivity index (χ1n) is 10.2. The molecule has 31 heavy (non-hydrogen) atoms. The molecule has 3 rings (SSSR count). The molecule has 0 spiro atoms. The van der Waals surface area contributed by atoms with Gasteiger partial charge < -0.3 is 5.32 Å². The van der Waals surface area contributed by atoms with E-state index in [1.807, 2.05) is 44.2 Å². The Labute approximate surface area is 183 Å². The molecule has 1 amide bonds. The number of aryl methyl sites for hydroxylation is 1. The lowest BCUT2D eigenvalue weighted by atomic mass is 10.1. The van der Waals surface area contributed by atoms with Crippen LogP contribution < -0.4 is 5.32 Å². The van der Waals surface area contributed by atoms with Gasteiger partial charge in [0.25, 0.3) is 0 Å². The van der Waals surface area contributed by atoms with Crippen molar-refractivity contribution in [1.29, 1.82) is 0 Å². The Hall–Kier alpha value is -3.10. The molecule has 0 fully saturated rings. The number of carbonyl (C=O) groups excluding carboxylic acids is 1. The van der Waals surface area contributed by atoms with E-state index in [2.05, 4.69) is 15.3 Å². The van der Waals surface area contributed by atoms with Gasteiger partial charge in [0, 0.05) is 25.1 Å². The van der Waals surface area contributed by atoms with Crippen LogP contribution in [0.3, 0.4) is 0 Å². The van der Waals surface area contributed by atoms with Crippen LogP contribution in [0.4, 0.5) is 5.69 Å². The monoisotopic (exact) mass is 438 g/mol. The highest BCUT2D eigenvalue weighted by molar-refractivity contribution is 7.89. The molecule has 8 heteroatoms. The number of carbonyl (C=O) groups is 1. The van der Waals surface area contributed by atoms with Gasteiger partial charge in [-0.15, -0.1) is 0 Å². The highest BCUT2D eigenvalue weighted by atomic mass is 32.2. The molecule has 0 saturated heterocycles. The highest BCUT2D eigenvalue weighted by Crippen LogP contribution is 2.18. The third kappa shape index (κ3) is 5.74. The summed E-state index contributed by atoms with van der Waals surface area (Å²) < 4.78 is 26.5. The Morgan fingerprint density at radius 1 is 0.935 bits per heavy atom. The van der Waals surface area contributed by atoms with Crippen LogP contribution in [-0.4, -0.2) is 41.7 Å². The zero-order valence-corrected chi connectivity index (χ0v) is 18.5. The summed E-state index contributed by atoms with van der Waals surface area (Å²) in [5.74, 6) is 0.439. The van der Waals surface area contributed by atoms with Crippen molar-refractivity contribution >= 4 is 21.6 Å². The van der Waals surface area contributed by atoms with Gasteiger partial charge in [0.1, 0.15) is 0 Å². The minimum Gasteiger partial charge on any atom is -0.323 e. The second-order valence-corrected chi connectivity index (χ2v) is 8.88. The fraction of sp³-hybridized carbons (Fsp3) is 0.261. The van der Waals surface area contributed by atoms with E-state index in [1.165, 1.54) is 4.31 Å².